The van der Waals surface area contributed by atoms with E-state index in [1.54, 1.807) is 0 Å². The maximum atomic E-state index is 13.0. The number of Topliss-reactive ketones (excluding diaryl/α,β-unsaturated/α-hetero) is 1. The van der Waals surface area contributed by atoms with Gasteiger partial charge in [0.2, 0.25) is 5.78 Å². The van der Waals surface area contributed by atoms with Crippen molar-refractivity contribution in [3.63, 3.8) is 0 Å². The minimum atomic E-state index is -0.653. The number of carbonyl (C=O) groups excluding carboxylic acids is 2. The lowest BCUT2D eigenvalue weighted by Gasteiger charge is -1.91. The Labute approximate surface area is 81.7 Å². The van der Waals surface area contributed by atoms with Gasteiger partial charge in [-0.25, -0.2) is 4.39 Å². The summed E-state index contributed by atoms with van der Waals surface area (Å²) in [6.07, 6.45) is 4.01. The van der Waals surface area contributed by atoms with Crippen molar-refractivity contribution < 1.29 is 14.0 Å². The Morgan fingerprint density at radius 2 is 2.29 bits per heavy atom. The first kappa shape index (κ1) is 10.6. The first-order chi connectivity index (χ1) is 6.65. The van der Waals surface area contributed by atoms with Gasteiger partial charge in [-0.15, -0.1) is 0 Å². The molecule has 1 N–H and O–H groups in total. The first-order valence-corrected chi connectivity index (χ1v) is 4.54. The van der Waals surface area contributed by atoms with Crippen LogP contribution in [0, 0.1) is 0 Å². The predicted molar refractivity (Wildman–Crippen MR) is 50.2 cm³/mol. The minimum absolute atomic E-state index is 0.130. The van der Waals surface area contributed by atoms with Crippen molar-refractivity contribution in [2.24, 2.45) is 0 Å². The third-order valence-corrected chi connectivity index (χ3v) is 1.88. The summed E-state index contributed by atoms with van der Waals surface area (Å²) in [4.78, 5) is 21.8. The number of unbranched alkanes of at least 4 members (excludes halogenated alkanes) is 1. The molecule has 1 amide bonds. The van der Waals surface area contributed by atoms with Gasteiger partial charge in [0.1, 0.15) is 5.83 Å². The number of nitrogens with one attached hydrogen (secondary N) is 1. The molecular weight excluding hydrogens is 185 g/mol. The molecule has 0 aromatic rings. The normalized spacial score (nSPS) is 20.4. The Balaban J connectivity index is 2.69. The van der Waals surface area contributed by atoms with Crippen LogP contribution >= 0.6 is 0 Å². The zero-order valence-electron chi connectivity index (χ0n) is 7.97. The molecule has 1 heterocycles. The standard InChI is InChI=1S/C10H12FNO2/c1-2-3-4-8(11)5-7-6-12-10(14)9(7)13/h4-5H,2-3,6H2,1H3,(H,12,14)/b7-5+,8-4+. The van der Waals surface area contributed by atoms with Crippen molar-refractivity contribution in [1.82, 2.24) is 5.32 Å². The van der Waals surface area contributed by atoms with Gasteiger partial charge in [0, 0.05) is 12.1 Å². The second-order valence-electron chi connectivity index (χ2n) is 3.06. The second-order valence-corrected chi connectivity index (χ2v) is 3.06. The van der Waals surface area contributed by atoms with Gasteiger partial charge in [-0.05, 0) is 18.6 Å². The number of halogens is 1. The molecule has 1 rings (SSSR count). The van der Waals surface area contributed by atoms with Crippen LogP contribution in [0.1, 0.15) is 19.8 Å². The number of ketones is 1. The smallest absolute Gasteiger partial charge is 0.292 e. The van der Waals surface area contributed by atoms with Crippen LogP contribution in [0.15, 0.2) is 23.6 Å². The van der Waals surface area contributed by atoms with Crippen LogP contribution in [-0.2, 0) is 9.59 Å². The van der Waals surface area contributed by atoms with E-state index in [-0.39, 0.29) is 12.1 Å². The average Bonchev–Trinajstić information content (AvgIpc) is 2.46. The van der Waals surface area contributed by atoms with Gasteiger partial charge >= 0.3 is 0 Å². The molecule has 1 aliphatic heterocycles. The summed E-state index contributed by atoms with van der Waals surface area (Å²) in [5.41, 5.74) is 0.194. The Hall–Kier alpha value is -1.45. The number of carbonyl (C=O) groups is 2. The van der Waals surface area contributed by atoms with E-state index in [4.69, 9.17) is 0 Å². The van der Waals surface area contributed by atoms with E-state index >= 15 is 0 Å². The summed E-state index contributed by atoms with van der Waals surface area (Å²) < 4.78 is 13.0. The molecule has 4 heteroatoms. The maximum absolute atomic E-state index is 13.0. The van der Waals surface area contributed by atoms with Crippen LogP contribution in [0.5, 0.6) is 0 Å². The Morgan fingerprint density at radius 1 is 1.57 bits per heavy atom. The lowest BCUT2D eigenvalue weighted by atomic mass is 10.2. The zero-order valence-corrected chi connectivity index (χ0v) is 7.97. The molecule has 0 aromatic heterocycles. The van der Waals surface area contributed by atoms with Crippen LogP contribution in [0.3, 0.4) is 0 Å². The average molecular weight is 197 g/mol. The van der Waals surface area contributed by atoms with E-state index in [0.29, 0.717) is 6.42 Å². The fourth-order valence-electron chi connectivity index (χ4n) is 1.11. The van der Waals surface area contributed by atoms with Crippen molar-refractivity contribution in [3.05, 3.63) is 23.6 Å². The lowest BCUT2D eigenvalue weighted by Crippen LogP contribution is -2.18. The van der Waals surface area contributed by atoms with Crippen LogP contribution in [0.2, 0.25) is 0 Å². The molecule has 14 heavy (non-hydrogen) atoms. The molecule has 0 saturated carbocycles. The van der Waals surface area contributed by atoms with E-state index in [1.807, 2.05) is 6.92 Å². The van der Waals surface area contributed by atoms with E-state index in [2.05, 4.69) is 5.32 Å². The van der Waals surface area contributed by atoms with Crippen LogP contribution < -0.4 is 5.32 Å². The third-order valence-electron chi connectivity index (χ3n) is 1.88. The highest BCUT2D eigenvalue weighted by Crippen LogP contribution is 2.10. The quantitative estimate of drug-likeness (QED) is 0.547. The van der Waals surface area contributed by atoms with Crippen molar-refractivity contribution in [2.45, 2.75) is 19.8 Å². The second kappa shape index (κ2) is 4.69. The van der Waals surface area contributed by atoms with Crippen molar-refractivity contribution in [2.75, 3.05) is 6.54 Å². The topological polar surface area (TPSA) is 46.2 Å². The molecule has 0 unspecified atom stereocenters. The fourth-order valence-corrected chi connectivity index (χ4v) is 1.11. The monoisotopic (exact) mass is 197 g/mol. The summed E-state index contributed by atoms with van der Waals surface area (Å²) in [6, 6.07) is 0. The van der Waals surface area contributed by atoms with Gasteiger partial charge in [-0.1, -0.05) is 13.3 Å². The SMILES string of the molecule is CCC/C=C(F)\C=C1/CNC(=O)C1=O. The molecule has 3 nitrogen and oxygen atoms in total. The van der Waals surface area contributed by atoms with Gasteiger partial charge in [0.25, 0.3) is 5.91 Å². The molecule has 0 aromatic carbocycles. The molecule has 76 valence electrons. The van der Waals surface area contributed by atoms with Gasteiger partial charge in [0.05, 0.1) is 0 Å². The zero-order chi connectivity index (χ0) is 10.6. The van der Waals surface area contributed by atoms with Gasteiger partial charge in [-0.2, -0.15) is 0 Å². The highest BCUT2D eigenvalue weighted by molar-refractivity contribution is 6.45. The van der Waals surface area contributed by atoms with Gasteiger partial charge < -0.3 is 5.32 Å². The molecule has 0 atom stereocenters. The van der Waals surface area contributed by atoms with E-state index in [1.165, 1.54) is 6.08 Å². The number of amides is 1. The summed E-state index contributed by atoms with van der Waals surface area (Å²) in [6.45, 7) is 2.06. The molecule has 0 bridgehead atoms. The predicted octanol–water partition coefficient (Wildman–Crippen LogP) is 1.27. The molecule has 0 aliphatic carbocycles. The third kappa shape index (κ3) is 2.52. The fraction of sp³-hybridized carbons (Fsp3) is 0.400. The summed E-state index contributed by atoms with van der Waals surface area (Å²) in [5.74, 6) is -1.74. The Morgan fingerprint density at radius 3 is 2.79 bits per heavy atom. The van der Waals surface area contributed by atoms with E-state index in [9.17, 15) is 14.0 Å². The summed E-state index contributed by atoms with van der Waals surface area (Å²) in [5, 5.41) is 2.33. The molecule has 0 radical (unpaired) electrons. The molecule has 0 spiro atoms. The molecular formula is C10H12FNO2. The highest BCUT2D eigenvalue weighted by Gasteiger charge is 2.25. The summed E-state index contributed by atoms with van der Waals surface area (Å²) >= 11 is 0. The first-order valence-electron chi connectivity index (χ1n) is 4.54. The number of hydrogen-bond donors (Lipinski definition) is 1. The molecule has 1 aliphatic rings. The van der Waals surface area contributed by atoms with Gasteiger partial charge in [0.15, 0.2) is 0 Å². The number of hydrogen-bond acceptors (Lipinski definition) is 2. The van der Waals surface area contributed by atoms with Crippen LogP contribution in [0.4, 0.5) is 4.39 Å². The van der Waals surface area contributed by atoms with Crippen molar-refractivity contribution >= 4 is 11.7 Å². The number of rotatable bonds is 3. The van der Waals surface area contributed by atoms with Crippen molar-refractivity contribution in [3.8, 4) is 0 Å². The number of allylic oxidation sites excluding steroid dienone is 3. The Bertz CT molecular complexity index is 318. The van der Waals surface area contributed by atoms with Crippen LogP contribution in [-0.4, -0.2) is 18.2 Å². The minimum Gasteiger partial charge on any atom is -0.345 e. The Kier molecular flexibility index (Phi) is 3.56. The largest absolute Gasteiger partial charge is 0.345 e. The van der Waals surface area contributed by atoms with E-state index in [0.717, 1.165) is 12.5 Å². The van der Waals surface area contributed by atoms with Crippen LogP contribution in [0.25, 0.3) is 0 Å². The van der Waals surface area contributed by atoms with Gasteiger partial charge in [-0.3, -0.25) is 9.59 Å². The maximum Gasteiger partial charge on any atom is 0.292 e. The van der Waals surface area contributed by atoms with E-state index < -0.39 is 17.5 Å². The summed E-state index contributed by atoms with van der Waals surface area (Å²) in [7, 11) is 0. The van der Waals surface area contributed by atoms with Crippen molar-refractivity contribution in [1.29, 1.82) is 0 Å². The lowest BCUT2D eigenvalue weighted by molar-refractivity contribution is -0.133. The molecule has 1 saturated heterocycles. The highest BCUT2D eigenvalue weighted by atomic mass is 19.1. The molecule has 1 fully saturated rings.